The molecule has 0 aromatic heterocycles. The van der Waals surface area contributed by atoms with E-state index in [4.69, 9.17) is 4.74 Å². The molecular formula is C12H24N2O2. The largest absolute Gasteiger partial charge is 0.381 e. The van der Waals surface area contributed by atoms with Crippen LogP contribution in [-0.2, 0) is 9.53 Å². The van der Waals surface area contributed by atoms with Crippen molar-refractivity contribution in [1.82, 2.24) is 10.6 Å². The van der Waals surface area contributed by atoms with Crippen molar-refractivity contribution in [2.24, 2.45) is 5.92 Å². The number of amides is 1. The summed E-state index contributed by atoms with van der Waals surface area (Å²) in [5.41, 5.74) is 0. The van der Waals surface area contributed by atoms with E-state index in [-0.39, 0.29) is 5.91 Å². The number of carbonyl (C=O) groups is 1. The zero-order chi connectivity index (χ0) is 11.6. The predicted molar refractivity (Wildman–Crippen MR) is 64.3 cm³/mol. The maximum atomic E-state index is 11.4. The molecule has 1 amide bonds. The summed E-state index contributed by atoms with van der Waals surface area (Å²) in [7, 11) is 0. The van der Waals surface area contributed by atoms with Gasteiger partial charge in [-0.15, -0.1) is 0 Å². The van der Waals surface area contributed by atoms with Crippen molar-refractivity contribution >= 4 is 5.91 Å². The van der Waals surface area contributed by atoms with Crippen LogP contribution in [0.3, 0.4) is 0 Å². The highest BCUT2D eigenvalue weighted by Gasteiger charge is 2.12. The van der Waals surface area contributed by atoms with Gasteiger partial charge in [-0.2, -0.15) is 0 Å². The van der Waals surface area contributed by atoms with Gasteiger partial charge in [-0.05, 0) is 45.2 Å². The van der Waals surface area contributed by atoms with Crippen LogP contribution < -0.4 is 10.6 Å². The minimum atomic E-state index is 0.109. The highest BCUT2D eigenvalue weighted by molar-refractivity contribution is 5.75. The van der Waals surface area contributed by atoms with E-state index >= 15 is 0 Å². The molecule has 1 saturated heterocycles. The standard InChI is InChI=1S/C12H24N2O2/c1-2-16-9-6-12(15)14-8-5-11-4-3-7-13-10-11/h11,13H,2-10H2,1H3,(H,14,15). The third kappa shape index (κ3) is 6.08. The molecule has 0 bridgehead atoms. The number of piperidine rings is 1. The van der Waals surface area contributed by atoms with Gasteiger partial charge in [0.05, 0.1) is 6.61 Å². The first-order chi connectivity index (χ1) is 7.83. The molecule has 2 N–H and O–H groups in total. The van der Waals surface area contributed by atoms with Crippen LogP contribution in [0, 0.1) is 5.92 Å². The monoisotopic (exact) mass is 228 g/mol. The number of nitrogens with one attached hydrogen (secondary N) is 2. The van der Waals surface area contributed by atoms with E-state index in [0.29, 0.717) is 19.6 Å². The summed E-state index contributed by atoms with van der Waals surface area (Å²) in [6.45, 7) is 6.21. The summed E-state index contributed by atoms with van der Waals surface area (Å²) >= 11 is 0. The molecule has 1 rings (SSSR count). The fraction of sp³-hybridized carbons (Fsp3) is 0.917. The van der Waals surface area contributed by atoms with Gasteiger partial charge in [0.1, 0.15) is 0 Å². The van der Waals surface area contributed by atoms with Crippen molar-refractivity contribution in [3.63, 3.8) is 0 Å². The van der Waals surface area contributed by atoms with Crippen molar-refractivity contribution in [2.45, 2.75) is 32.6 Å². The topological polar surface area (TPSA) is 50.4 Å². The lowest BCUT2D eigenvalue weighted by Gasteiger charge is -2.22. The van der Waals surface area contributed by atoms with Gasteiger partial charge in [-0.3, -0.25) is 4.79 Å². The Morgan fingerprint density at radius 1 is 1.56 bits per heavy atom. The second-order valence-electron chi connectivity index (χ2n) is 4.30. The smallest absolute Gasteiger partial charge is 0.222 e. The quantitative estimate of drug-likeness (QED) is 0.637. The summed E-state index contributed by atoms with van der Waals surface area (Å²) in [4.78, 5) is 11.4. The van der Waals surface area contributed by atoms with Gasteiger partial charge >= 0.3 is 0 Å². The molecule has 0 aromatic rings. The van der Waals surface area contributed by atoms with Crippen LogP contribution in [0.15, 0.2) is 0 Å². The summed E-state index contributed by atoms with van der Waals surface area (Å²) < 4.78 is 5.13. The molecule has 0 aliphatic carbocycles. The Morgan fingerprint density at radius 3 is 3.12 bits per heavy atom. The number of ether oxygens (including phenoxy) is 1. The van der Waals surface area contributed by atoms with Crippen molar-refractivity contribution in [2.75, 3.05) is 32.8 Å². The summed E-state index contributed by atoms with van der Waals surface area (Å²) in [6.07, 6.45) is 4.13. The first kappa shape index (κ1) is 13.5. The van der Waals surface area contributed by atoms with Crippen LogP contribution in [0.25, 0.3) is 0 Å². The Kier molecular flexibility index (Phi) is 7.17. The third-order valence-electron chi connectivity index (χ3n) is 2.95. The van der Waals surface area contributed by atoms with Gasteiger partial charge in [-0.25, -0.2) is 0 Å². The van der Waals surface area contributed by atoms with Crippen molar-refractivity contribution in [1.29, 1.82) is 0 Å². The Labute approximate surface area is 98.1 Å². The van der Waals surface area contributed by atoms with E-state index in [1.165, 1.54) is 12.8 Å². The van der Waals surface area contributed by atoms with Crippen LogP contribution in [0.2, 0.25) is 0 Å². The number of rotatable bonds is 7. The molecule has 1 unspecified atom stereocenters. The average Bonchev–Trinajstić information content (AvgIpc) is 2.31. The molecular weight excluding hydrogens is 204 g/mol. The van der Waals surface area contributed by atoms with Gasteiger partial charge in [-0.1, -0.05) is 0 Å². The van der Waals surface area contributed by atoms with Crippen molar-refractivity contribution < 1.29 is 9.53 Å². The van der Waals surface area contributed by atoms with Gasteiger partial charge in [0.2, 0.25) is 5.91 Å². The molecule has 4 heteroatoms. The lowest BCUT2D eigenvalue weighted by Crippen LogP contribution is -2.33. The molecule has 0 radical (unpaired) electrons. The van der Waals surface area contributed by atoms with E-state index in [2.05, 4.69) is 10.6 Å². The Morgan fingerprint density at radius 2 is 2.44 bits per heavy atom. The van der Waals surface area contributed by atoms with E-state index in [1.807, 2.05) is 6.92 Å². The van der Waals surface area contributed by atoms with Crippen molar-refractivity contribution in [3.8, 4) is 0 Å². The summed E-state index contributed by atoms with van der Waals surface area (Å²) in [6, 6.07) is 0. The molecule has 1 aliphatic heterocycles. The zero-order valence-corrected chi connectivity index (χ0v) is 10.3. The molecule has 1 atom stereocenters. The lowest BCUT2D eigenvalue weighted by atomic mass is 9.96. The van der Waals surface area contributed by atoms with Gasteiger partial charge in [0.25, 0.3) is 0 Å². The Balaban J connectivity index is 1.94. The second-order valence-corrected chi connectivity index (χ2v) is 4.30. The SMILES string of the molecule is CCOCCC(=O)NCCC1CCCNC1. The highest BCUT2D eigenvalue weighted by atomic mass is 16.5. The fourth-order valence-electron chi connectivity index (χ4n) is 1.98. The molecule has 16 heavy (non-hydrogen) atoms. The predicted octanol–water partition coefficient (Wildman–Crippen LogP) is 0.919. The van der Waals surface area contributed by atoms with Crippen LogP contribution in [-0.4, -0.2) is 38.8 Å². The maximum absolute atomic E-state index is 11.4. The molecule has 94 valence electrons. The summed E-state index contributed by atoms with van der Waals surface area (Å²) in [5.74, 6) is 0.846. The second kappa shape index (κ2) is 8.53. The molecule has 0 aromatic carbocycles. The minimum Gasteiger partial charge on any atom is -0.381 e. The maximum Gasteiger partial charge on any atom is 0.222 e. The molecule has 1 aliphatic rings. The summed E-state index contributed by atoms with van der Waals surface area (Å²) in [5, 5.41) is 6.32. The first-order valence-electron chi connectivity index (χ1n) is 6.38. The normalized spacial score (nSPS) is 20.7. The molecule has 4 nitrogen and oxygen atoms in total. The van der Waals surface area contributed by atoms with E-state index in [9.17, 15) is 4.79 Å². The third-order valence-corrected chi connectivity index (χ3v) is 2.95. The van der Waals surface area contributed by atoms with Gasteiger partial charge < -0.3 is 15.4 Å². The van der Waals surface area contributed by atoms with Crippen LogP contribution in [0.4, 0.5) is 0 Å². The van der Waals surface area contributed by atoms with Gasteiger partial charge in [0.15, 0.2) is 0 Å². The van der Waals surface area contributed by atoms with Crippen LogP contribution >= 0.6 is 0 Å². The van der Waals surface area contributed by atoms with Crippen LogP contribution in [0.1, 0.15) is 32.6 Å². The zero-order valence-electron chi connectivity index (χ0n) is 10.3. The average molecular weight is 228 g/mol. The van der Waals surface area contributed by atoms with E-state index < -0.39 is 0 Å². The van der Waals surface area contributed by atoms with E-state index in [1.54, 1.807) is 0 Å². The number of hydrogen-bond donors (Lipinski definition) is 2. The molecule has 1 fully saturated rings. The minimum absolute atomic E-state index is 0.109. The van der Waals surface area contributed by atoms with Gasteiger partial charge in [0, 0.05) is 19.6 Å². The highest BCUT2D eigenvalue weighted by Crippen LogP contribution is 2.12. The lowest BCUT2D eigenvalue weighted by molar-refractivity contribution is -0.122. The fourth-order valence-corrected chi connectivity index (χ4v) is 1.98. The van der Waals surface area contributed by atoms with Crippen molar-refractivity contribution in [3.05, 3.63) is 0 Å². The molecule has 1 heterocycles. The first-order valence-corrected chi connectivity index (χ1v) is 6.38. The number of hydrogen-bond acceptors (Lipinski definition) is 3. The molecule has 0 spiro atoms. The Hall–Kier alpha value is -0.610. The van der Waals surface area contributed by atoms with Crippen LogP contribution in [0.5, 0.6) is 0 Å². The van der Waals surface area contributed by atoms with E-state index in [0.717, 1.165) is 32.0 Å². The molecule has 0 saturated carbocycles. The Bertz CT molecular complexity index is 191. The number of carbonyl (C=O) groups excluding carboxylic acids is 1.